The fraction of sp³-hybridized carbons (Fsp3) is 0.286. The minimum absolute atomic E-state index is 0.0250. The number of fused-ring (bicyclic) bond motifs is 1. The number of nitrogens with zero attached hydrogens (tertiary/aromatic N) is 3. The highest BCUT2D eigenvalue weighted by Crippen LogP contribution is 2.29. The summed E-state index contributed by atoms with van der Waals surface area (Å²) in [5.74, 6) is -0.510. The Labute approximate surface area is 182 Å². The molecule has 1 N–H and O–H groups in total. The lowest BCUT2D eigenvalue weighted by Gasteiger charge is -2.13. The minimum atomic E-state index is -0.821. The van der Waals surface area contributed by atoms with Crippen molar-refractivity contribution in [2.45, 2.75) is 13.5 Å². The molecule has 3 aromatic rings. The average Bonchev–Trinajstić information content (AvgIpc) is 2.79. The van der Waals surface area contributed by atoms with E-state index in [-0.39, 0.29) is 16.6 Å². The van der Waals surface area contributed by atoms with Crippen LogP contribution in [0.5, 0.6) is 11.5 Å². The molecule has 0 saturated heterocycles. The molecule has 0 aliphatic rings. The second-order valence-corrected chi connectivity index (χ2v) is 6.85. The number of pyridine rings is 1. The maximum Gasteiger partial charge on any atom is 0.338 e. The lowest BCUT2D eigenvalue weighted by atomic mass is 10.1. The molecule has 2 heterocycles. The summed E-state index contributed by atoms with van der Waals surface area (Å²) in [4.78, 5) is 55.0. The largest absolute Gasteiger partial charge is 0.493 e. The van der Waals surface area contributed by atoms with Crippen LogP contribution in [-0.2, 0) is 23.1 Å². The molecule has 168 valence electrons. The minimum Gasteiger partial charge on any atom is -0.493 e. The van der Waals surface area contributed by atoms with Gasteiger partial charge in [-0.15, -0.1) is 0 Å². The van der Waals surface area contributed by atoms with E-state index in [2.05, 4.69) is 10.3 Å². The van der Waals surface area contributed by atoms with Crippen molar-refractivity contribution in [1.82, 2.24) is 14.1 Å². The zero-order valence-electron chi connectivity index (χ0n) is 18.2. The molecule has 3 rings (SSSR count). The number of carbonyl (C=O) groups is 2. The number of hydrogen-bond acceptors (Lipinski definition) is 8. The number of ether oxygens (including phenoxy) is 3. The van der Waals surface area contributed by atoms with E-state index in [0.717, 1.165) is 9.13 Å². The highest BCUT2D eigenvalue weighted by atomic mass is 16.5. The molecule has 0 radical (unpaired) electrons. The zero-order chi connectivity index (χ0) is 23.6. The lowest BCUT2D eigenvalue weighted by molar-refractivity contribution is -0.116. The van der Waals surface area contributed by atoms with Crippen LogP contribution < -0.4 is 26.0 Å². The smallest absolute Gasteiger partial charge is 0.338 e. The Bertz CT molecular complexity index is 1340. The molecule has 0 aliphatic carbocycles. The van der Waals surface area contributed by atoms with Crippen LogP contribution in [0.4, 0.5) is 5.69 Å². The molecular formula is C21H22N4O7. The number of aromatic nitrogens is 3. The number of carbonyl (C=O) groups excluding carboxylic acids is 2. The van der Waals surface area contributed by atoms with E-state index in [4.69, 9.17) is 14.2 Å². The first-order chi connectivity index (χ1) is 15.2. The molecule has 0 spiro atoms. The van der Waals surface area contributed by atoms with Gasteiger partial charge < -0.3 is 19.5 Å². The van der Waals surface area contributed by atoms with Gasteiger partial charge in [0, 0.05) is 24.5 Å². The van der Waals surface area contributed by atoms with Crippen LogP contribution in [0.25, 0.3) is 11.0 Å². The summed E-state index contributed by atoms with van der Waals surface area (Å²) in [5, 5.41) is 2.50. The van der Waals surface area contributed by atoms with Crippen LogP contribution in [0, 0.1) is 6.92 Å². The Balaban J connectivity index is 2.05. The normalized spacial score (nSPS) is 10.7. The number of amides is 1. The van der Waals surface area contributed by atoms with Crippen LogP contribution in [0.3, 0.4) is 0 Å². The molecule has 2 aromatic heterocycles. The van der Waals surface area contributed by atoms with Gasteiger partial charge in [-0.2, -0.15) is 0 Å². The summed E-state index contributed by atoms with van der Waals surface area (Å²) in [6, 6.07) is 6.13. The first-order valence-corrected chi connectivity index (χ1v) is 9.43. The van der Waals surface area contributed by atoms with Gasteiger partial charge in [-0.3, -0.25) is 18.7 Å². The number of anilines is 1. The van der Waals surface area contributed by atoms with Crippen molar-refractivity contribution in [2.75, 3.05) is 26.6 Å². The van der Waals surface area contributed by atoms with Crippen molar-refractivity contribution in [3.63, 3.8) is 0 Å². The van der Waals surface area contributed by atoms with Gasteiger partial charge in [-0.1, -0.05) is 0 Å². The third-order valence-electron chi connectivity index (χ3n) is 4.80. The zero-order valence-corrected chi connectivity index (χ0v) is 18.2. The Hall–Kier alpha value is -4.15. The number of hydrogen-bond donors (Lipinski definition) is 1. The van der Waals surface area contributed by atoms with Crippen LogP contribution in [-0.4, -0.2) is 47.3 Å². The van der Waals surface area contributed by atoms with Gasteiger partial charge in [0.05, 0.1) is 32.3 Å². The second-order valence-electron chi connectivity index (χ2n) is 6.85. The van der Waals surface area contributed by atoms with Gasteiger partial charge in [0.1, 0.15) is 12.2 Å². The van der Waals surface area contributed by atoms with E-state index >= 15 is 0 Å². The Morgan fingerprint density at radius 1 is 1.06 bits per heavy atom. The van der Waals surface area contributed by atoms with Crippen molar-refractivity contribution in [1.29, 1.82) is 0 Å². The van der Waals surface area contributed by atoms with Gasteiger partial charge in [0.25, 0.3) is 5.56 Å². The van der Waals surface area contributed by atoms with Crippen LogP contribution >= 0.6 is 0 Å². The third-order valence-corrected chi connectivity index (χ3v) is 4.80. The summed E-state index contributed by atoms with van der Waals surface area (Å²) in [7, 11) is 5.52. The third kappa shape index (κ3) is 4.04. The lowest BCUT2D eigenvalue weighted by Crippen LogP contribution is -2.42. The number of esters is 1. The second kappa shape index (κ2) is 8.92. The van der Waals surface area contributed by atoms with Gasteiger partial charge in [0.15, 0.2) is 11.5 Å². The molecule has 0 saturated carbocycles. The van der Waals surface area contributed by atoms with Crippen LogP contribution in [0.15, 0.2) is 33.9 Å². The number of benzene rings is 1. The highest BCUT2D eigenvalue weighted by molar-refractivity contribution is 6.02. The van der Waals surface area contributed by atoms with Crippen molar-refractivity contribution in [2.24, 2.45) is 7.05 Å². The van der Waals surface area contributed by atoms with Crippen molar-refractivity contribution < 1.29 is 23.8 Å². The van der Waals surface area contributed by atoms with Gasteiger partial charge in [-0.05, 0) is 25.1 Å². The SMILES string of the molecule is COC(=O)c1cc(C)nc2c1c(=O)n(CC(=O)Nc1ccc(OC)c(OC)c1)c(=O)n2C. The van der Waals surface area contributed by atoms with E-state index < -0.39 is 29.7 Å². The first-order valence-electron chi connectivity index (χ1n) is 9.43. The average molecular weight is 442 g/mol. The van der Waals surface area contributed by atoms with E-state index in [1.54, 1.807) is 25.1 Å². The molecule has 0 unspecified atom stereocenters. The Morgan fingerprint density at radius 3 is 2.38 bits per heavy atom. The van der Waals surface area contributed by atoms with Crippen LogP contribution in [0.2, 0.25) is 0 Å². The predicted octanol–water partition coefficient (Wildman–Crippen LogP) is 0.846. The topological polar surface area (TPSA) is 131 Å². The maximum absolute atomic E-state index is 13.1. The van der Waals surface area contributed by atoms with Crippen molar-refractivity contribution in [3.8, 4) is 11.5 Å². The van der Waals surface area contributed by atoms with Gasteiger partial charge in [-0.25, -0.2) is 14.6 Å². The molecule has 11 nitrogen and oxygen atoms in total. The molecule has 0 fully saturated rings. The summed E-state index contributed by atoms with van der Waals surface area (Å²) >= 11 is 0. The number of nitrogens with one attached hydrogen (secondary N) is 1. The molecule has 11 heteroatoms. The monoisotopic (exact) mass is 442 g/mol. The number of rotatable bonds is 6. The van der Waals surface area contributed by atoms with E-state index in [1.165, 1.54) is 34.4 Å². The van der Waals surface area contributed by atoms with E-state index in [9.17, 15) is 19.2 Å². The van der Waals surface area contributed by atoms with Crippen molar-refractivity contribution >= 4 is 28.6 Å². The number of methoxy groups -OCH3 is 3. The fourth-order valence-corrected chi connectivity index (χ4v) is 3.27. The molecule has 32 heavy (non-hydrogen) atoms. The predicted molar refractivity (Wildman–Crippen MR) is 115 cm³/mol. The molecule has 0 aliphatic heterocycles. The standard InChI is InChI=1S/C21H22N4O7/c1-11-8-13(20(28)32-5)17-18(22-11)24(2)21(29)25(19(17)27)10-16(26)23-12-6-7-14(30-3)15(9-12)31-4/h6-9H,10H2,1-5H3,(H,23,26). The maximum atomic E-state index is 13.1. The van der Waals surface area contributed by atoms with E-state index in [1.807, 2.05) is 0 Å². The first kappa shape index (κ1) is 22.5. The summed E-state index contributed by atoms with van der Waals surface area (Å²) in [6.07, 6.45) is 0. The summed E-state index contributed by atoms with van der Waals surface area (Å²) in [5.41, 5.74) is -0.777. The molecule has 1 aromatic carbocycles. The molecule has 0 bridgehead atoms. The Kier molecular flexibility index (Phi) is 6.28. The van der Waals surface area contributed by atoms with E-state index in [0.29, 0.717) is 22.9 Å². The van der Waals surface area contributed by atoms with Crippen molar-refractivity contribution in [3.05, 3.63) is 56.4 Å². The molecule has 0 atom stereocenters. The summed E-state index contributed by atoms with van der Waals surface area (Å²) < 4.78 is 17.0. The van der Waals surface area contributed by atoms with Gasteiger partial charge >= 0.3 is 11.7 Å². The quantitative estimate of drug-likeness (QED) is 0.556. The van der Waals surface area contributed by atoms with Gasteiger partial charge in [0.2, 0.25) is 5.91 Å². The highest BCUT2D eigenvalue weighted by Gasteiger charge is 2.22. The molecule has 1 amide bonds. The van der Waals surface area contributed by atoms with Crippen LogP contribution in [0.1, 0.15) is 16.1 Å². The summed E-state index contributed by atoms with van der Waals surface area (Å²) in [6.45, 7) is 1.04. The Morgan fingerprint density at radius 2 is 1.75 bits per heavy atom. The molecular weight excluding hydrogens is 420 g/mol. The fourth-order valence-electron chi connectivity index (χ4n) is 3.27. The number of aryl methyl sites for hydroxylation is 2.